The molecule has 1 N–H and O–H groups in total. The molecule has 2 atom stereocenters. The molecule has 0 aromatic carbocycles. The van der Waals surface area contributed by atoms with Crippen molar-refractivity contribution in [2.24, 2.45) is 0 Å². The predicted molar refractivity (Wildman–Crippen MR) is 79.5 cm³/mol. The molecule has 1 saturated heterocycles. The first kappa shape index (κ1) is 14.9. The van der Waals surface area contributed by atoms with Gasteiger partial charge in [-0.05, 0) is 26.8 Å². The Hall–Kier alpha value is -0.460. The van der Waals surface area contributed by atoms with Crippen LogP contribution in [0.5, 0.6) is 0 Å². The maximum atomic E-state index is 12.0. The van der Waals surface area contributed by atoms with Gasteiger partial charge in [-0.15, -0.1) is 11.3 Å². The van der Waals surface area contributed by atoms with Gasteiger partial charge in [0, 0.05) is 24.3 Å². The second kappa shape index (κ2) is 6.33. The van der Waals surface area contributed by atoms with Crippen LogP contribution in [0.4, 0.5) is 0 Å². The van der Waals surface area contributed by atoms with Crippen molar-refractivity contribution in [1.29, 1.82) is 0 Å². The zero-order valence-electron chi connectivity index (χ0n) is 11.6. The van der Waals surface area contributed by atoms with Crippen LogP contribution in [0.15, 0.2) is 5.38 Å². The van der Waals surface area contributed by atoms with Crippen LogP contribution in [0, 0.1) is 0 Å². The molecular formula is C13H22N2O2S2. The minimum atomic E-state index is -2.89. The fourth-order valence-electron chi connectivity index (χ4n) is 2.40. The van der Waals surface area contributed by atoms with E-state index in [1.165, 1.54) is 0 Å². The summed E-state index contributed by atoms with van der Waals surface area (Å²) >= 11 is 1.59. The Balaban J connectivity index is 1.99. The van der Waals surface area contributed by atoms with Crippen molar-refractivity contribution < 1.29 is 8.42 Å². The molecule has 0 radical (unpaired) electrons. The number of rotatable bonds is 5. The van der Waals surface area contributed by atoms with E-state index in [-0.39, 0.29) is 5.25 Å². The van der Waals surface area contributed by atoms with E-state index >= 15 is 0 Å². The summed E-state index contributed by atoms with van der Waals surface area (Å²) in [5, 5.41) is 6.00. The molecule has 1 fully saturated rings. The van der Waals surface area contributed by atoms with Gasteiger partial charge in [0.15, 0.2) is 9.84 Å². The standard InChI is InChI=1S/C13H22N2O2S2/c1-10(14-2)7-11-9-18-13(15-11)8-12-5-3-4-6-19(12,16)17/h9-10,12,14H,3-8H2,1-2H3. The molecule has 1 aromatic rings. The number of aromatic nitrogens is 1. The smallest absolute Gasteiger partial charge is 0.153 e. The largest absolute Gasteiger partial charge is 0.317 e. The first-order chi connectivity index (χ1) is 9.01. The van der Waals surface area contributed by atoms with Crippen LogP contribution in [0.2, 0.25) is 0 Å². The molecule has 0 aliphatic carbocycles. The Kier molecular flexibility index (Phi) is 4.97. The van der Waals surface area contributed by atoms with E-state index in [1.54, 1.807) is 11.3 Å². The average molecular weight is 302 g/mol. The molecule has 1 aliphatic heterocycles. The SMILES string of the molecule is CNC(C)Cc1csc(CC2CCCCS2(=O)=O)n1. The van der Waals surface area contributed by atoms with E-state index in [0.29, 0.717) is 18.2 Å². The summed E-state index contributed by atoms with van der Waals surface area (Å²) in [5.41, 5.74) is 1.06. The Labute approximate surface area is 119 Å². The van der Waals surface area contributed by atoms with Gasteiger partial charge in [-0.2, -0.15) is 0 Å². The minimum Gasteiger partial charge on any atom is -0.317 e. The van der Waals surface area contributed by atoms with Gasteiger partial charge in [-0.25, -0.2) is 13.4 Å². The second-order valence-corrected chi connectivity index (χ2v) is 8.66. The molecular weight excluding hydrogens is 280 g/mol. The third-order valence-corrected chi connectivity index (χ3v) is 6.92. The summed E-state index contributed by atoms with van der Waals surface area (Å²) in [5.74, 6) is 0.354. The van der Waals surface area contributed by atoms with Crippen molar-refractivity contribution in [3.63, 3.8) is 0 Å². The van der Waals surface area contributed by atoms with Crippen LogP contribution in [0.25, 0.3) is 0 Å². The van der Waals surface area contributed by atoms with Crippen molar-refractivity contribution >= 4 is 21.2 Å². The van der Waals surface area contributed by atoms with Crippen molar-refractivity contribution in [2.45, 2.75) is 50.3 Å². The van der Waals surface area contributed by atoms with E-state index in [2.05, 4.69) is 22.6 Å². The normalized spacial score (nSPS) is 24.2. The Morgan fingerprint density at radius 2 is 2.32 bits per heavy atom. The highest BCUT2D eigenvalue weighted by molar-refractivity contribution is 7.92. The number of nitrogens with one attached hydrogen (secondary N) is 1. The highest BCUT2D eigenvalue weighted by atomic mass is 32.2. The Bertz CT molecular complexity index is 510. The number of hydrogen-bond acceptors (Lipinski definition) is 5. The lowest BCUT2D eigenvalue weighted by atomic mass is 10.1. The molecule has 19 heavy (non-hydrogen) atoms. The molecule has 1 aliphatic rings. The van der Waals surface area contributed by atoms with Gasteiger partial charge in [-0.1, -0.05) is 6.42 Å². The van der Waals surface area contributed by atoms with Crippen molar-refractivity contribution in [1.82, 2.24) is 10.3 Å². The van der Waals surface area contributed by atoms with Crippen LogP contribution >= 0.6 is 11.3 Å². The highest BCUT2D eigenvalue weighted by Gasteiger charge is 2.29. The maximum Gasteiger partial charge on any atom is 0.153 e. The van der Waals surface area contributed by atoms with Crippen LogP contribution in [0.1, 0.15) is 36.9 Å². The van der Waals surface area contributed by atoms with Crippen molar-refractivity contribution in [3.05, 3.63) is 16.1 Å². The summed E-state index contributed by atoms with van der Waals surface area (Å²) in [6, 6.07) is 0.397. The quantitative estimate of drug-likeness (QED) is 0.901. The summed E-state index contributed by atoms with van der Waals surface area (Å²) < 4.78 is 24.0. The van der Waals surface area contributed by atoms with E-state index in [9.17, 15) is 8.42 Å². The van der Waals surface area contributed by atoms with Crippen LogP contribution in [0.3, 0.4) is 0 Å². The van der Waals surface area contributed by atoms with Crippen LogP contribution in [-0.2, 0) is 22.7 Å². The fraction of sp³-hybridized carbons (Fsp3) is 0.769. The molecule has 6 heteroatoms. The van der Waals surface area contributed by atoms with E-state index in [0.717, 1.165) is 36.4 Å². The third-order valence-electron chi connectivity index (χ3n) is 3.72. The topological polar surface area (TPSA) is 59.1 Å². The molecule has 0 bridgehead atoms. The summed E-state index contributed by atoms with van der Waals surface area (Å²) in [6.45, 7) is 2.12. The molecule has 1 aromatic heterocycles. The first-order valence-corrected chi connectivity index (χ1v) is 9.43. The van der Waals surface area contributed by atoms with Gasteiger partial charge in [0.05, 0.1) is 21.7 Å². The molecule has 0 saturated carbocycles. The lowest BCUT2D eigenvalue weighted by Crippen LogP contribution is -2.30. The van der Waals surface area contributed by atoms with Gasteiger partial charge in [-0.3, -0.25) is 0 Å². The molecule has 4 nitrogen and oxygen atoms in total. The number of nitrogens with zero attached hydrogens (tertiary/aromatic N) is 1. The van der Waals surface area contributed by atoms with E-state index in [1.807, 2.05) is 7.05 Å². The summed E-state index contributed by atoms with van der Waals surface area (Å²) in [4.78, 5) is 4.57. The molecule has 0 spiro atoms. The number of sulfone groups is 1. The Morgan fingerprint density at radius 1 is 1.53 bits per heavy atom. The van der Waals surface area contributed by atoms with Gasteiger partial charge < -0.3 is 5.32 Å². The van der Waals surface area contributed by atoms with Gasteiger partial charge in [0.1, 0.15) is 0 Å². The molecule has 0 amide bonds. The Morgan fingerprint density at radius 3 is 3.00 bits per heavy atom. The van der Waals surface area contributed by atoms with E-state index < -0.39 is 9.84 Å². The first-order valence-electron chi connectivity index (χ1n) is 6.83. The monoisotopic (exact) mass is 302 g/mol. The van der Waals surface area contributed by atoms with Gasteiger partial charge in [0.25, 0.3) is 0 Å². The second-order valence-electron chi connectivity index (χ2n) is 5.32. The summed E-state index contributed by atoms with van der Waals surface area (Å²) in [7, 11) is -0.949. The lowest BCUT2D eigenvalue weighted by molar-refractivity contribution is 0.537. The average Bonchev–Trinajstić information content (AvgIpc) is 2.79. The zero-order valence-corrected chi connectivity index (χ0v) is 13.2. The molecule has 2 unspecified atom stereocenters. The highest BCUT2D eigenvalue weighted by Crippen LogP contribution is 2.24. The predicted octanol–water partition coefficient (Wildman–Crippen LogP) is 1.80. The van der Waals surface area contributed by atoms with Gasteiger partial charge in [0.2, 0.25) is 0 Å². The summed E-state index contributed by atoms with van der Waals surface area (Å²) in [6.07, 6.45) is 4.13. The minimum absolute atomic E-state index is 0.207. The lowest BCUT2D eigenvalue weighted by Gasteiger charge is -2.21. The number of hydrogen-bond donors (Lipinski definition) is 1. The van der Waals surface area contributed by atoms with Crippen molar-refractivity contribution in [3.8, 4) is 0 Å². The molecule has 2 rings (SSSR count). The van der Waals surface area contributed by atoms with E-state index in [4.69, 9.17) is 0 Å². The fourth-order valence-corrected chi connectivity index (χ4v) is 5.27. The van der Waals surface area contributed by atoms with Crippen LogP contribution in [-0.4, -0.2) is 37.5 Å². The number of likely N-dealkylation sites (N-methyl/N-ethyl adjacent to an activating group) is 1. The van der Waals surface area contributed by atoms with Gasteiger partial charge >= 0.3 is 0 Å². The molecule has 2 heterocycles. The van der Waals surface area contributed by atoms with Crippen LogP contribution < -0.4 is 5.32 Å². The zero-order chi connectivity index (χ0) is 13.9. The third kappa shape index (κ3) is 4.00. The van der Waals surface area contributed by atoms with Crippen molar-refractivity contribution in [2.75, 3.05) is 12.8 Å². The number of thiazole rings is 1. The maximum absolute atomic E-state index is 12.0. The molecule has 108 valence electrons.